The van der Waals surface area contributed by atoms with E-state index >= 15 is 0 Å². The van der Waals surface area contributed by atoms with Crippen LogP contribution in [0.2, 0.25) is 0 Å². The molecule has 1 amide bonds. The van der Waals surface area contributed by atoms with Crippen LogP contribution < -0.4 is 19.5 Å². The average Bonchev–Trinajstić information content (AvgIpc) is 3.29. The molecule has 0 unspecified atom stereocenters. The average molecular weight is 429 g/mol. The number of benzene rings is 3. The molecule has 0 spiro atoms. The topological polar surface area (TPSA) is 74.6 Å². The Bertz CT molecular complexity index is 1240. The largest absolute Gasteiger partial charge is 0.497 e. The van der Waals surface area contributed by atoms with Crippen molar-refractivity contribution in [2.75, 3.05) is 26.6 Å². The highest BCUT2D eigenvalue weighted by molar-refractivity contribution is 6.08. The van der Waals surface area contributed by atoms with E-state index in [1.54, 1.807) is 50.4 Å². The van der Waals surface area contributed by atoms with Crippen molar-refractivity contribution in [2.24, 2.45) is 0 Å². The highest BCUT2D eigenvalue weighted by Crippen LogP contribution is 2.35. The van der Waals surface area contributed by atoms with Gasteiger partial charge in [-0.2, -0.15) is 5.10 Å². The smallest absolute Gasteiger partial charge is 0.259 e. The quantitative estimate of drug-likeness (QED) is 0.456. The molecule has 1 aromatic heterocycles. The van der Waals surface area contributed by atoms with Crippen LogP contribution in [0, 0.1) is 0 Å². The van der Waals surface area contributed by atoms with E-state index < -0.39 is 0 Å². The van der Waals surface area contributed by atoms with Gasteiger partial charge in [-0.15, -0.1) is 0 Å². The number of anilines is 1. The van der Waals surface area contributed by atoms with Crippen LogP contribution in [0.3, 0.4) is 0 Å². The molecule has 0 radical (unpaired) electrons. The van der Waals surface area contributed by atoms with Crippen molar-refractivity contribution in [3.63, 3.8) is 0 Å². The van der Waals surface area contributed by atoms with Gasteiger partial charge in [0.15, 0.2) is 0 Å². The molecule has 0 saturated carbocycles. The van der Waals surface area contributed by atoms with Crippen LogP contribution in [0.4, 0.5) is 5.69 Å². The molecule has 0 atom stereocenters. The zero-order valence-electron chi connectivity index (χ0n) is 18.0. The maximum Gasteiger partial charge on any atom is 0.259 e. The fraction of sp³-hybridized carbons (Fsp3) is 0.120. The maximum atomic E-state index is 13.3. The molecular weight excluding hydrogens is 406 g/mol. The summed E-state index contributed by atoms with van der Waals surface area (Å²) in [6.07, 6.45) is 1.71. The SMILES string of the molecule is COc1cccc(NC(=O)c2cn(-c3ccccc3)nc2-c2ccc(OC)cc2OC)c1. The molecule has 3 aromatic carbocycles. The molecule has 162 valence electrons. The number of carbonyl (C=O) groups is 1. The summed E-state index contributed by atoms with van der Waals surface area (Å²) in [7, 11) is 4.74. The fourth-order valence-electron chi connectivity index (χ4n) is 3.35. The lowest BCUT2D eigenvalue weighted by Gasteiger charge is -2.11. The van der Waals surface area contributed by atoms with E-state index in [-0.39, 0.29) is 5.91 Å². The van der Waals surface area contributed by atoms with Gasteiger partial charge in [-0.05, 0) is 36.4 Å². The van der Waals surface area contributed by atoms with E-state index in [1.807, 2.05) is 54.6 Å². The second-order valence-electron chi connectivity index (χ2n) is 6.92. The van der Waals surface area contributed by atoms with Crippen molar-refractivity contribution in [2.45, 2.75) is 0 Å². The Kier molecular flexibility index (Phi) is 6.07. The van der Waals surface area contributed by atoms with Crippen LogP contribution >= 0.6 is 0 Å². The highest BCUT2D eigenvalue weighted by Gasteiger charge is 2.22. The Morgan fingerprint density at radius 1 is 0.844 bits per heavy atom. The number of para-hydroxylation sites is 1. The van der Waals surface area contributed by atoms with Crippen molar-refractivity contribution < 1.29 is 19.0 Å². The third kappa shape index (κ3) is 4.27. The number of amides is 1. The van der Waals surface area contributed by atoms with E-state index in [4.69, 9.17) is 19.3 Å². The Labute approximate surface area is 186 Å². The van der Waals surface area contributed by atoms with E-state index in [0.717, 1.165) is 5.69 Å². The Morgan fingerprint density at radius 2 is 1.59 bits per heavy atom. The number of carbonyl (C=O) groups excluding carboxylic acids is 1. The van der Waals surface area contributed by atoms with Crippen LogP contribution in [-0.2, 0) is 0 Å². The van der Waals surface area contributed by atoms with E-state index in [2.05, 4.69) is 5.32 Å². The van der Waals surface area contributed by atoms with Crippen molar-refractivity contribution >= 4 is 11.6 Å². The lowest BCUT2D eigenvalue weighted by molar-refractivity contribution is 0.102. The van der Waals surface area contributed by atoms with Crippen molar-refractivity contribution in [3.8, 4) is 34.2 Å². The summed E-state index contributed by atoms with van der Waals surface area (Å²) in [5.74, 6) is 1.56. The number of methoxy groups -OCH3 is 3. The minimum atomic E-state index is -0.298. The number of hydrogen-bond donors (Lipinski definition) is 1. The molecule has 0 aliphatic heterocycles. The van der Waals surface area contributed by atoms with Gasteiger partial charge >= 0.3 is 0 Å². The monoisotopic (exact) mass is 429 g/mol. The first kappa shape index (κ1) is 21.0. The second-order valence-corrected chi connectivity index (χ2v) is 6.92. The summed E-state index contributed by atoms with van der Waals surface area (Å²) in [5, 5.41) is 7.65. The molecule has 0 aliphatic rings. The predicted molar refractivity (Wildman–Crippen MR) is 123 cm³/mol. The first-order chi connectivity index (χ1) is 15.6. The first-order valence-corrected chi connectivity index (χ1v) is 9.96. The first-order valence-electron chi connectivity index (χ1n) is 9.96. The number of nitrogens with one attached hydrogen (secondary N) is 1. The molecule has 0 bridgehead atoms. The number of nitrogens with zero attached hydrogens (tertiary/aromatic N) is 2. The molecule has 0 aliphatic carbocycles. The van der Waals surface area contributed by atoms with Gasteiger partial charge in [0.25, 0.3) is 5.91 Å². The molecule has 7 nitrogen and oxygen atoms in total. The van der Waals surface area contributed by atoms with Crippen LogP contribution in [0.25, 0.3) is 16.9 Å². The summed E-state index contributed by atoms with van der Waals surface area (Å²) >= 11 is 0. The van der Waals surface area contributed by atoms with Gasteiger partial charge in [0.2, 0.25) is 0 Å². The van der Waals surface area contributed by atoms with Crippen LogP contribution in [0.15, 0.2) is 79.0 Å². The van der Waals surface area contributed by atoms with E-state index in [1.165, 1.54) is 0 Å². The van der Waals surface area contributed by atoms with Crippen LogP contribution in [-0.4, -0.2) is 37.0 Å². The predicted octanol–water partition coefficient (Wildman–Crippen LogP) is 4.82. The summed E-state index contributed by atoms with van der Waals surface area (Å²) in [4.78, 5) is 13.3. The van der Waals surface area contributed by atoms with Gasteiger partial charge in [0.05, 0.1) is 32.6 Å². The van der Waals surface area contributed by atoms with Crippen LogP contribution in [0.5, 0.6) is 17.2 Å². The van der Waals surface area contributed by atoms with Crippen molar-refractivity contribution in [3.05, 3.63) is 84.6 Å². The van der Waals surface area contributed by atoms with E-state index in [9.17, 15) is 4.79 Å². The maximum absolute atomic E-state index is 13.3. The van der Waals surface area contributed by atoms with Crippen LogP contribution in [0.1, 0.15) is 10.4 Å². The summed E-state index contributed by atoms with van der Waals surface area (Å²) in [6.45, 7) is 0. The Hall–Kier alpha value is -4.26. The molecule has 4 aromatic rings. The Morgan fingerprint density at radius 3 is 2.31 bits per heavy atom. The van der Waals surface area contributed by atoms with Gasteiger partial charge in [-0.3, -0.25) is 4.79 Å². The molecule has 1 N–H and O–H groups in total. The zero-order chi connectivity index (χ0) is 22.5. The molecule has 1 heterocycles. The third-order valence-electron chi connectivity index (χ3n) is 4.97. The number of ether oxygens (including phenoxy) is 3. The second kappa shape index (κ2) is 9.26. The van der Waals surface area contributed by atoms with Gasteiger partial charge < -0.3 is 19.5 Å². The Balaban J connectivity index is 1.80. The van der Waals surface area contributed by atoms with Crippen molar-refractivity contribution in [1.29, 1.82) is 0 Å². The normalized spacial score (nSPS) is 10.5. The molecule has 7 heteroatoms. The summed E-state index contributed by atoms with van der Waals surface area (Å²) in [5.41, 5.74) is 3.03. The lowest BCUT2D eigenvalue weighted by atomic mass is 10.1. The van der Waals surface area contributed by atoms with Gasteiger partial charge in [0.1, 0.15) is 22.9 Å². The number of rotatable bonds is 7. The molecule has 0 saturated heterocycles. The van der Waals surface area contributed by atoms with E-state index in [0.29, 0.717) is 39.8 Å². The zero-order valence-corrected chi connectivity index (χ0v) is 18.0. The van der Waals surface area contributed by atoms with Gasteiger partial charge in [0, 0.05) is 29.6 Å². The fourth-order valence-corrected chi connectivity index (χ4v) is 3.35. The number of aromatic nitrogens is 2. The van der Waals surface area contributed by atoms with Gasteiger partial charge in [-0.1, -0.05) is 24.3 Å². The lowest BCUT2D eigenvalue weighted by Crippen LogP contribution is -2.12. The summed E-state index contributed by atoms with van der Waals surface area (Å²) < 4.78 is 17.8. The van der Waals surface area contributed by atoms with Crippen molar-refractivity contribution in [1.82, 2.24) is 9.78 Å². The molecular formula is C25H23N3O4. The minimum Gasteiger partial charge on any atom is -0.497 e. The highest BCUT2D eigenvalue weighted by atomic mass is 16.5. The standard InChI is InChI=1S/C25H23N3O4/c1-30-19-11-7-8-17(14-19)26-25(29)22-16-28(18-9-5-4-6-10-18)27-24(22)21-13-12-20(31-2)15-23(21)32-3/h4-16H,1-3H3,(H,26,29). The molecule has 4 rings (SSSR count). The molecule has 0 fully saturated rings. The third-order valence-corrected chi connectivity index (χ3v) is 4.97. The number of hydrogen-bond acceptors (Lipinski definition) is 5. The molecule has 32 heavy (non-hydrogen) atoms. The minimum absolute atomic E-state index is 0.298. The van der Waals surface area contributed by atoms with Gasteiger partial charge in [-0.25, -0.2) is 4.68 Å². The summed E-state index contributed by atoms with van der Waals surface area (Å²) in [6, 6.07) is 22.2.